The molecule has 90 valence electrons. The van der Waals surface area contributed by atoms with Crippen molar-refractivity contribution < 1.29 is 4.39 Å². The molecule has 0 bridgehead atoms. The monoisotopic (exact) mass is 250 g/mol. The minimum atomic E-state index is -0.187. The zero-order chi connectivity index (χ0) is 12.3. The van der Waals surface area contributed by atoms with Gasteiger partial charge in [0, 0.05) is 11.4 Å². The van der Waals surface area contributed by atoms with E-state index < -0.39 is 0 Å². The smallest absolute Gasteiger partial charge is 0.183 e. The number of nitrogens with zero attached hydrogens (tertiary/aromatic N) is 1. The molecule has 2 aromatic rings. The quantitative estimate of drug-likeness (QED) is 0.897. The molecule has 0 atom stereocenters. The number of hydrogen-bond acceptors (Lipinski definition) is 3. The maximum absolute atomic E-state index is 12.7. The highest BCUT2D eigenvalue weighted by atomic mass is 32.1. The van der Waals surface area contributed by atoms with Gasteiger partial charge in [-0.25, -0.2) is 9.37 Å². The van der Waals surface area contributed by atoms with Crippen molar-refractivity contribution in [3.8, 4) is 0 Å². The van der Waals surface area contributed by atoms with Crippen LogP contribution in [-0.4, -0.2) is 11.5 Å². The van der Waals surface area contributed by atoms with E-state index in [1.807, 2.05) is 19.1 Å². The Morgan fingerprint density at radius 3 is 2.53 bits per heavy atom. The Kier molecular flexibility index (Phi) is 3.74. The highest BCUT2D eigenvalue weighted by molar-refractivity contribution is 7.15. The summed E-state index contributed by atoms with van der Waals surface area (Å²) in [6.07, 6.45) is 0.873. The van der Waals surface area contributed by atoms with Gasteiger partial charge in [0.1, 0.15) is 5.82 Å². The van der Waals surface area contributed by atoms with E-state index in [-0.39, 0.29) is 5.82 Å². The molecule has 2 nitrogen and oxygen atoms in total. The van der Waals surface area contributed by atoms with E-state index in [9.17, 15) is 4.39 Å². The fourth-order valence-electron chi connectivity index (χ4n) is 1.51. The average Bonchev–Trinajstić information content (AvgIpc) is 2.61. The summed E-state index contributed by atoms with van der Waals surface area (Å²) in [4.78, 5) is 5.65. The zero-order valence-corrected chi connectivity index (χ0v) is 10.8. The molecular formula is C13H15FN2S. The fourth-order valence-corrected chi connectivity index (χ4v) is 2.35. The Hall–Kier alpha value is -1.42. The average molecular weight is 250 g/mol. The van der Waals surface area contributed by atoms with E-state index in [1.165, 1.54) is 17.0 Å². The highest BCUT2D eigenvalue weighted by Gasteiger charge is 2.02. The number of nitrogens with one attached hydrogen (secondary N) is 1. The van der Waals surface area contributed by atoms with Crippen LogP contribution < -0.4 is 5.32 Å². The van der Waals surface area contributed by atoms with Crippen LogP contribution in [-0.2, 0) is 6.42 Å². The third-order valence-electron chi connectivity index (χ3n) is 2.63. The first-order chi connectivity index (χ1) is 8.15. The molecule has 0 saturated carbocycles. The minimum Gasteiger partial charge on any atom is -0.361 e. The van der Waals surface area contributed by atoms with Crippen LogP contribution in [0, 0.1) is 19.7 Å². The number of aryl methyl sites for hydroxylation is 2. The largest absolute Gasteiger partial charge is 0.361 e. The van der Waals surface area contributed by atoms with Crippen molar-refractivity contribution in [1.29, 1.82) is 0 Å². The summed E-state index contributed by atoms with van der Waals surface area (Å²) in [5, 5.41) is 4.24. The molecule has 0 unspecified atom stereocenters. The summed E-state index contributed by atoms with van der Waals surface area (Å²) < 4.78 is 12.7. The van der Waals surface area contributed by atoms with Crippen LogP contribution in [0.25, 0.3) is 0 Å². The number of thiazole rings is 1. The van der Waals surface area contributed by atoms with E-state index in [4.69, 9.17) is 0 Å². The van der Waals surface area contributed by atoms with Crippen molar-refractivity contribution in [3.63, 3.8) is 0 Å². The lowest BCUT2D eigenvalue weighted by atomic mass is 10.1. The predicted octanol–water partition coefficient (Wildman–Crippen LogP) is 3.55. The second kappa shape index (κ2) is 5.27. The fraction of sp³-hybridized carbons (Fsp3) is 0.308. The summed E-state index contributed by atoms with van der Waals surface area (Å²) in [5.74, 6) is -0.187. The molecular weight excluding hydrogens is 235 g/mol. The van der Waals surface area contributed by atoms with Crippen molar-refractivity contribution >= 4 is 16.5 Å². The van der Waals surface area contributed by atoms with Gasteiger partial charge in [0.25, 0.3) is 0 Å². The van der Waals surface area contributed by atoms with Crippen LogP contribution in [0.3, 0.4) is 0 Å². The van der Waals surface area contributed by atoms with Crippen molar-refractivity contribution in [2.45, 2.75) is 20.3 Å². The number of anilines is 1. The lowest BCUT2D eigenvalue weighted by Crippen LogP contribution is -2.04. The third kappa shape index (κ3) is 3.27. The molecule has 1 aromatic carbocycles. The van der Waals surface area contributed by atoms with Gasteiger partial charge in [-0.15, -0.1) is 11.3 Å². The highest BCUT2D eigenvalue weighted by Crippen LogP contribution is 2.20. The second-order valence-electron chi connectivity index (χ2n) is 3.96. The van der Waals surface area contributed by atoms with Crippen molar-refractivity contribution in [2.24, 2.45) is 0 Å². The van der Waals surface area contributed by atoms with Crippen LogP contribution in [0.4, 0.5) is 9.52 Å². The summed E-state index contributed by atoms with van der Waals surface area (Å²) >= 11 is 1.67. The Balaban J connectivity index is 1.85. The summed E-state index contributed by atoms with van der Waals surface area (Å²) in [6.45, 7) is 4.90. The molecule has 0 saturated heterocycles. The van der Waals surface area contributed by atoms with E-state index in [1.54, 1.807) is 11.3 Å². The molecule has 1 aromatic heterocycles. The van der Waals surface area contributed by atoms with Gasteiger partial charge in [-0.3, -0.25) is 0 Å². The molecule has 0 spiro atoms. The summed E-state index contributed by atoms with van der Waals surface area (Å²) in [7, 11) is 0. The Morgan fingerprint density at radius 1 is 1.24 bits per heavy atom. The maximum Gasteiger partial charge on any atom is 0.183 e. The predicted molar refractivity (Wildman–Crippen MR) is 70.2 cm³/mol. The number of halogens is 1. The van der Waals surface area contributed by atoms with E-state index >= 15 is 0 Å². The molecule has 0 fully saturated rings. The molecule has 2 rings (SSSR count). The van der Waals surface area contributed by atoms with Crippen molar-refractivity contribution in [2.75, 3.05) is 11.9 Å². The molecule has 4 heteroatoms. The van der Waals surface area contributed by atoms with Gasteiger partial charge in [-0.05, 0) is 38.0 Å². The van der Waals surface area contributed by atoms with Crippen molar-refractivity contribution in [3.05, 3.63) is 46.2 Å². The van der Waals surface area contributed by atoms with Gasteiger partial charge in [-0.1, -0.05) is 12.1 Å². The van der Waals surface area contributed by atoms with Gasteiger partial charge in [0.15, 0.2) is 5.13 Å². The van der Waals surface area contributed by atoms with Crippen LogP contribution in [0.1, 0.15) is 16.1 Å². The lowest BCUT2D eigenvalue weighted by Gasteiger charge is -2.02. The molecule has 1 N–H and O–H groups in total. The third-order valence-corrected chi connectivity index (χ3v) is 3.66. The van der Waals surface area contributed by atoms with Gasteiger partial charge in [0.2, 0.25) is 0 Å². The van der Waals surface area contributed by atoms with Crippen LogP contribution in [0.15, 0.2) is 24.3 Å². The van der Waals surface area contributed by atoms with Crippen LogP contribution in [0.5, 0.6) is 0 Å². The topological polar surface area (TPSA) is 24.9 Å². The van der Waals surface area contributed by atoms with Crippen LogP contribution in [0.2, 0.25) is 0 Å². The van der Waals surface area contributed by atoms with Crippen LogP contribution >= 0.6 is 11.3 Å². The Morgan fingerprint density at radius 2 is 1.94 bits per heavy atom. The zero-order valence-electron chi connectivity index (χ0n) is 9.96. The van der Waals surface area contributed by atoms with Crippen molar-refractivity contribution in [1.82, 2.24) is 4.98 Å². The van der Waals surface area contributed by atoms with Gasteiger partial charge in [-0.2, -0.15) is 0 Å². The van der Waals surface area contributed by atoms with E-state index in [0.717, 1.165) is 29.4 Å². The molecule has 0 aliphatic heterocycles. The molecule has 0 aliphatic carbocycles. The molecule has 0 aliphatic rings. The number of rotatable bonds is 4. The SMILES string of the molecule is Cc1nc(NCCc2ccc(F)cc2)sc1C. The molecule has 1 heterocycles. The number of benzene rings is 1. The minimum absolute atomic E-state index is 0.187. The van der Waals surface area contributed by atoms with E-state index in [2.05, 4.69) is 17.2 Å². The first-order valence-electron chi connectivity index (χ1n) is 5.57. The normalized spacial score (nSPS) is 10.5. The van der Waals surface area contributed by atoms with Gasteiger partial charge < -0.3 is 5.32 Å². The Labute approximate surface area is 105 Å². The summed E-state index contributed by atoms with van der Waals surface area (Å²) in [6, 6.07) is 6.62. The molecule has 17 heavy (non-hydrogen) atoms. The van der Waals surface area contributed by atoms with Gasteiger partial charge >= 0.3 is 0 Å². The number of hydrogen-bond donors (Lipinski definition) is 1. The Bertz CT molecular complexity index is 471. The maximum atomic E-state index is 12.7. The van der Waals surface area contributed by atoms with Gasteiger partial charge in [0.05, 0.1) is 5.69 Å². The lowest BCUT2D eigenvalue weighted by molar-refractivity contribution is 0.627. The first kappa shape index (κ1) is 12.0. The first-order valence-corrected chi connectivity index (χ1v) is 6.39. The summed E-state index contributed by atoms with van der Waals surface area (Å²) in [5.41, 5.74) is 2.21. The second-order valence-corrected chi connectivity index (χ2v) is 5.17. The standard InChI is InChI=1S/C13H15FN2S/c1-9-10(2)17-13(16-9)15-8-7-11-3-5-12(14)6-4-11/h3-6H,7-8H2,1-2H3,(H,15,16). The van der Waals surface area contributed by atoms with E-state index in [0.29, 0.717) is 0 Å². The number of aromatic nitrogens is 1. The molecule has 0 amide bonds. The molecule has 0 radical (unpaired) electrons.